The minimum absolute atomic E-state index is 0.0147. The van der Waals surface area contributed by atoms with Crippen LogP contribution < -0.4 is 0 Å². The first-order chi connectivity index (χ1) is 55.4. The molecule has 118 heavy (non-hydrogen) atoms. The number of carbonyl (C=O) groups excluding carboxylic acids is 2. The van der Waals surface area contributed by atoms with Gasteiger partial charge in [-0.25, -0.2) is 4.79 Å². The van der Waals surface area contributed by atoms with Crippen molar-refractivity contribution in [2.45, 2.75) is 359 Å². The lowest BCUT2D eigenvalue weighted by molar-refractivity contribution is -0.402. The Kier molecular flexibility index (Phi) is 27.6. The van der Waals surface area contributed by atoms with E-state index in [1.165, 1.54) is 13.8 Å². The summed E-state index contributed by atoms with van der Waals surface area (Å²) in [6.45, 7) is 10.7. The second kappa shape index (κ2) is 35.2. The van der Waals surface area contributed by atoms with Crippen LogP contribution in [0.1, 0.15) is 113 Å². The first-order valence-corrected chi connectivity index (χ1v) is 40.5. The molecular weight excluding hydrogens is 1580 g/mol. The molecule has 676 valence electrons. The molecule has 48 atom stereocenters. The van der Waals surface area contributed by atoms with Gasteiger partial charge in [0.2, 0.25) is 6.29 Å². The number of carboxylic acid groups (broad SMARTS) is 1. The largest absolute Gasteiger partial charge is 0.479 e. The predicted molar refractivity (Wildman–Crippen MR) is 381 cm³/mol. The van der Waals surface area contributed by atoms with Crippen molar-refractivity contribution < 1.29 is 208 Å². The van der Waals surface area contributed by atoms with Crippen molar-refractivity contribution in [3.8, 4) is 0 Å². The summed E-state index contributed by atoms with van der Waals surface area (Å²) in [5.41, 5.74) is -5.48. The molecule has 0 spiro atoms. The van der Waals surface area contributed by atoms with Gasteiger partial charge >= 0.3 is 11.9 Å². The Morgan fingerprint density at radius 3 is 1.42 bits per heavy atom. The van der Waals surface area contributed by atoms with Crippen LogP contribution >= 0.6 is 0 Å². The lowest BCUT2D eigenvalue weighted by Crippen LogP contribution is -2.69. The Labute approximate surface area is 677 Å². The Bertz CT molecular complexity index is 3470. The van der Waals surface area contributed by atoms with Gasteiger partial charge in [-0.1, -0.05) is 53.2 Å². The zero-order valence-electron chi connectivity index (χ0n) is 66.4. The molecule has 4 saturated carbocycles. The number of hydrogen-bond donors (Lipinski definition) is 23. The van der Waals surface area contributed by atoms with Gasteiger partial charge < -0.3 is 198 Å². The van der Waals surface area contributed by atoms with E-state index in [0.29, 0.717) is 38.5 Å². The number of fused-ring (bicyclic) bond motifs is 7. The molecule has 42 heteroatoms. The van der Waals surface area contributed by atoms with E-state index in [4.69, 9.17) is 75.8 Å². The van der Waals surface area contributed by atoms with Gasteiger partial charge in [0.15, 0.2) is 56.2 Å². The number of hydrogen-bond acceptors (Lipinski definition) is 41. The molecule has 0 radical (unpaired) electrons. The number of esters is 1. The average molecular weight is 1710 g/mol. The molecule has 8 aliphatic heterocycles. The van der Waals surface area contributed by atoms with Gasteiger partial charge in [0, 0.05) is 0 Å². The van der Waals surface area contributed by atoms with Crippen LogP contribution in [-0.4, -0.2) is 414 Å². The third-order valence-corrected chi connectivity index (χ3v) is 29.0. The van der Waals surface area contributed by atoms with E-state index in [2.05, 4.69) is 19.9 Å². The lowest BCUT2D eigenvalue weighted by Gasteiger charge is -2.71. The Morgan fingerprint density at radius 1 is 0.441 bits per heavy atom. The molecule has 13 rings (SSSR count). The monoisotopic (exact) mass is 1700 g/mol. The summed E-state index contributed by atoms with van der Waals surface area (Å²) >= 11 is 0. The van der Waals surface area contributed by atoms with E-state index in [9.17, 15) is 127 Å². The van der Waals surface area contributed by atoms with Gasteiger partial charge in [0.05, 0.1) is 62.9 Å². The standard InChI is InChI=1S/C76H120O42/c1-25-54(111-62-46(92)38(84)29(81)22-103-62)51(97)59(116-67-53(99)57(114-65-49(95)44(90)41(87)32(20-78)108-65)55(26(2)105-67)112-64-48(94)43(89)40(86)31(19-77)107-64)68(106-25)118-70(102)76-16-15-71(3,4)17-28(76)27-9-10-35-72(5)13-12-37(73(6,24-80)34(72)11-14-74(35,7)75(27,8)18-36(76)83)110-69-60(117-66-50(96)45(91)42(88)33(21-79)109-66)56(52(98)58(115-69)61(100)101)113-63-47(93)39(85)30(82)23-104-63/h9,24-26,28-60,62-69,77-79,81-99H,10-23H2,1-8H3,(H,100,101). The number of rotatable bonds is 21. The Balaban J connectivity index is 0.800. The third kappa shape index (κ3) is 16.0. The summed E-state index contributed by atoms with van der Waals surface area (Å²) in [6, 6.07) is 0. The second-order valence-electron chi connectivity index (χ2n) is 36.4. The molecule has 23 N–H and O–H groups in total. The van der Waals surface area contributed by atoms with Crippen LogP contribution in [0.4, 0.5) is 0 Å². The molecule has 42 nitrogen and oxygen atoms in total. The fourth-order valence-electron chi connectivity index (χ4n) is 21.7. The summed E-state index contributed by atoms with van der Waals surface area (Å²) < 4.78 is 97.5. The van der Waals surface area contributed by atoms with Gasteiger partial charge in [0.1, 0.15) is 170 Å². The van der Waals surface area contributed by atoms with Gasteiger partial charge in [-0.15, -0.1) is 0 Å². The molecule has 0 bridgehead atoms. The number of aldehydes is 1. The fraction of sp³-hybridized carbons (Fsp3) is 0.934. The molecule has 48 unspecified atom stereocenters. The second-order valence-corrected chi connectivity index (χ2v) is 36.4. The highest BCUT2D eigenvalue weighted by Gasteiger charge is 2.74. The topological polar surface area (TPSA) is 664 Å². The highest BCUT2D eigenvalue weighted by molar-refractivity contribution is 5.80. The number of carboxylic acids is 1. The van der Waals surface area contributed by atoms with E-state index in [-0.39, 0.29) is 25.2 Å². The summed E-state index contributed by atoms with van der Waals surface area (Å²) in [5, 5.41) is 255. The molecule has 8 saturated heterocycles. The van der Waals surface area contributed by atoms with Crippen LogP contribution in [0, 0.1) is 50.2 Å². The minimum Gasteiger partial charge on any atom is -0.479 e. The SMILES string of the molecule is CC1OC(OC(=O)C23CCC(C)(C)CC2C2=CCC4C5(C)CCC(OC6OC(C(=O)O)C(O)C(OC7OCC(O)C(O)C7O)C6OC6OC(CO)C(O)C(O)C6O)C(C)(C=O)C5CCC4(C)C2(C)CC3O)C(OC2OC(C)C(OC3OC(CO)C(O)C(O)C3O)C(OC3OC(CO)C(O)C(O)C3O)C2O)C(O)C1OC1OCC(O)C(O)C1O. The zero-order chi connectivity index (χ0) is 86.2. The van der Waals surface area contributed by atoms with Crippen LogP contribution in [0.15, 0.2) is 11.6 Å². The van der Waals surface area contributed by atoms with Gasteiger partial charge in [-0.2, -0.15) is 0 Å². The molecular formula is C76H120O42. The summed E-state index contributed by atoms with van der Waals surface area (Å²) in [4.78, 5) is 43.7. The number of aliphatic carboxylic acids is 1. The van der Waals surface area contributed by atoms with Crippen LogP contribution in [0.3, 0.4) is 0 Å². The number of aliphatic hydroxyl groups is 22. The molecule has 13 aliphatic rings. The number of ether oxygens (including phenoxy) is 16. The summed E-state index contributed by atoms with van der Waals surface area (Å²) in [5.74, 6) is -4.46. The average Bonchev–Trinajstić information content (AvgIpc) is 0.669. The predicted octanol–water partition coefficient (Wildman–Crippen LogP) is -9.16. The van der Waals surface area contributed by atoms with E-state index >= 15 is 4.79 Å². The quantitative estimate of drug-likeness (QED) is 0.0220. The third-order valence-electron chi connectivity index (χ3n) is 29.0. The lowest BCUT2D eigenvalue weighted by atomic mass is 9.33. The minimum atomic E-state index is -2.29. The van der Waals surface area contributed by atoms with E-state index < -0.39 is 335 Å². The number of allylic oxidation sites excluding steroid dienone is 2. The Hall–Kier alpha value is -3.13. The van der Waals surface area contributed by atoms with Crippen LogP contribution in [0.2, 0.25) is 0 Å². The summed E-state index contributed by atoms with van der Waals surface area (Å²) in [6.07, 6.45) is -70.8. The number of carbonyl (C=O) groups is 3. The van der Waals surface area contributed by atoms with Crippen molar-refractivity contribution in [3.63, 3.8) is 0 Å². The van der Waals surface area contributed by atoms with Gasteiger partial charge in [-0.05, 0) is 111 Å². The first-order valence-electron chi connectivity index (χ1n) is 40.5. The van der Waals surface area contributed by atoms with Crippen molar-refractivity contribution >= 4 is 18.2 Å². The maximum absolute atomic E-state index is 16.3. The molecule has 0 aromatic rings. The van der Waals surface area contributed by atoms with E-state index in [0.717, 1.165) is 11.9 Å². The summed E-state index contributed by atoms with van der Waals surface area (Å²) in [7, 11) is 0. The smallest absolute Gasteiger partial charge is 0.335 e. The zero-order valence-corrected chi connectivity index (χ0v) is 66.4. The number of aliphatic hydroxyl groups excluding tert-OH is 22. The van der Waals surface area contributed by atoms with Gasteiger partial charge in [-0.3, -0.25) is 4.79 Å². The normalized spacial score (nSPS) is 54.9. The van der Waals surface area contributed by atoms with Crippen molar-refractivity contribution in [1.82, 2.24) is 0 Å². The van der Waals surface area contributed by atoms with Crippen molar-refractivity contribution in [1.29, 1.82) is 0 Å². The molecule has 5 aliphatic carbocycles. The highest BCUT2D eigenvalue weighted by Crippen LogP contribution is 2.76. The molecule has 0 aromatic carbocycles. The van der Waals surface area contributed by atoms with Crippen LogP contribution in [0.5, 0.6) is 0 Å². The molecule has 12 fully saturated rings. The van der Waals surface area contributed by atoms with Crippen LogP contribution in [-0.2, 0) is 90.2 Å². The Morgan fingerprint density at radius 2 is 0.898 bits per heavy atom. The van der Waals surface area contributed by atoms with E-state index in [1.807, 2.05) is 20.8 Å². The van der Waals surface area contributed by atoms with Crippen LogP contribution in [0.25, 0.3) is 0 Å². The maximum Gasteiger partial charge on any atom is 0.335 e. The molecule has 8 heterocycles. The maximum atomic E-state index is 16.3. The van der Waals surface area contributed by atoms with Crippen molar-refractivity contribution in [2.24, 2.45) is 50.2 Å². The molecule has 0 amide bonds. The highest BCUT2D eigenvalue weighted by atomic mass is 16.8. The van der Waals surface area contributed by atoms with Crippen molar-refractivity contribution in [3.05, 3.63) is 11.6 Å². The van der Waals surface area contributed by atoms with E-state index in [1.54, 1.807) is 6.92 Å². The van der Waals surface area contributed by atoms with Crippen molar-refractivity contribution in [2.75, 3.05) is 33.0 Å². The first kappa shape index (κ1) is 92.5. The molecule has 0 aromatic heterocycles. The fourth-order valence-corrected chi connectivity index (χ4v) is 21.7. The van der Waals surface area contributed by atoms with Gasteiger partial charge in [0.25, 0.3) is 0 Å².